The molecule has 4 nitrogen and oxygen atoms in total. The van der Waals surface area contributed by atoms with Crippen LogP contribution in [0.25, 0.3) is 22.3 Å². The van der Waals surface area contributed by atoms with Gasteiger partial charge in [-0.15, -0.1) is 0 Å². The Kier molecular flexibility index (Phi) is 13.1. The zero-order valence-electron chi connectivity index (χ0n) is 47.2. The molecule has 2 aliphatic heterocycles. The van der Waals surface area contributed by atoms with E-state index in [-0.39, 0.29) is 21.7 Å². The smallest absolute Gasteiger partial charge is 0.327 e. The predicted octanol–water partition coefficient (Wildman–Crippen LogP) is 19.5. The highest BCUT2D eigenvalue weighted by atomic mass is 31.2. The molecule has 5 aliphatic carbocycles. The number of fused-ring (bicyclic) bond motifs is 8. The van der Waals surface area contributed by atoms with E-state index in [1.807, 2.05) is 0 Å². The van der Waals surface area contributed by atoms with Crippen molar-refractivity contribution in [3.63, 3.8) is 0 Å². The molecule has 0 bridgehead atoms. The number of aryl methyl sites for hydroxylation is 4. The van der Waals surface area contributed by atoms with Crippen molar-refractivity contribution in [2.75, 3.05) is 0 Å². The molecule has 13 rings (SSSR count). The third kappa shape index (κ3) is 8.86. The number of rotatable bonds is 6. The lowest BCUT2D eigenvalue weighted by atomic mass is 9.69. The summed E-state index contributed by atoms with van der Waals surface area (Å²) in [6, 6.07) is 33.5. The predicted molar refractivity (Wildman–Crippen MR) is 319 cm³/mol. The summed E-state index contributed by atoms with van der Waals surface area (Å²) in [5.74, 6) is 4.18. The van der Waals surface area contributed by atoms with Gasteiger partial charge >= 0.3 is 16.8 Å². The van der Waals surface area contributed by atoms with Gasteiger partial charge in [-0.05, 0) is 146 Å². The molecule has 0 saturated heterocycles. The highest BCUT2D eigenvalue weighted by Gasteiger charge is 2.46. The van der Waals surface area contributed by atoms with E-state index < -0.39 is 16.8 Å². The lowest BCUT2D eigenvalue weighted by Gasteiger charge is -2.41. The van der Waals surface area contributed by atoms with Gasteiger partial charge in [-0.25, -0.2) is 0 Å². The molecule has 76 heavy (non-hydrogen) atoms. The Labute approximate surface area is 458 Å². The second-order valence-electron chi connectivity index (χ2n) is 26.3. The summed E-state index contributed by atoms with van der Waals surface area (Å²) in [5, 5.41) is 2.20. The van der Waals surface area contributed by atoms with Gasteiger partial charge in [-0.3, -0.25) is 0 Å². The van der Waals surface area contributed by atoms with Gasteiger partial charge < -0.3 is 18.1 Å². The van der Waals surface area contributed by atoms with Gasteiger partial charge in [0.05, 0.1) is 10.6 Å². The van der Waals surface area contributed by atoms with Crippen molar-refractivity contribution in [2.24, 2.45) is 0 Å². The van der Waals surface area contributed by atoms with Crippen LogP contribution in [0.2, 0.25) is 0 Å². The molecule has 0 amide bonds. The highest BCUT2D eigenvalue weighted by molar-refractivity contribution is 7.64. The van der Waals surface area contributed by atoms with Gasteiger partial charge in [0.25, 0.3) is 0 Å². The molecule has 4 fully saturated rings. The van der Waals surface area contributed by atoms with Crippen molar-refractivity contribution in [3.05, 3.63) is 152 Å². The molecule has 0 radical (unpaired) electrons. The number of benzene rings is 6. The first-order chi connectivity index (χ1) is 36.7. The van der Waals surface area contributed by atoms with Crippen LogP contribution in [0.4, 0.5) is 0 Å². The molecule has 0 aromatic heterocycles. The summed E-state index contributed by atoms with van der Waals surface area (Å²) in [7, 11) is -3.66. The summed E-state index contributed by atoms with van der Waals surface area (Å²) in [5.41, 5.74) is 20.9. The fourth-order valence-corrected chi connectivity index (χ4v) is 19.4. The number of hydrogen-bond acceptors (Lipinski definition) is 4. The third-order valence-corrected chi connectivity index (χ3v) is 23.3. The summed E-state index contributed by atoms with van der Waals surface area (Å²) < 4.78 is 32.4. The molecule has 396 valence electrons. The SMILES string of the molecule is Cc1cc2c(c(C3(C)CCCCC3)c1)OP(c1ccc3c(c1P1Oc4c(cc(C)cc4C4(C)CCCCC4)Cc4cc(C)cc(C5(C)CCCCC5)c4O1)-c1ccccc1-3)Oc1c(cc(C)cc1C1(C)CCCCC1)C2. The van der Waals surface area contributed by atoms with E-state index in [0.717, 1.165) is 97.8 Å². The van der Waals surface area contributed by atoms with Crippen molar-refractivity contribution in [1.82, 2.24) is 0 Å². The third-order valence-electron chi connectivity index (χ3n) is 20.2. The van der Waals surface area contributed by atoms with E-state index in [0.29, 0.717) is 0 Å². The fourth-order valence-electron chi connectivity index (χ4n) is 15.8. The van der Waals surface area contributed by atoms with Crippen molar-refractivity contribution in [2.45, 2.75) is 218 Å². The van der Waals surface area contributed by atoms with Crippen LogP contribution >= 0.6 is 16.8 Å². The molecule has 7 aliphatic rings. The standard InChI is InChI=1S/C70H82O4P2/c1-45-35-49-43-50-36-46(2)40-57(68(6)29-17-10-18-30-68)63(50)72-75(71-62(49)56(39-45)67(5)27-15-9-16-28-67)60-26-25-55-53-23-13-14-24-54(53)61(55)66(60)76-73-64-51(37-47(3)41-58(64)69(7)31-19-11-20-32-69)44-52-38-48(4)42-59(65(52)74-76)70(8)33-21-12-22-34-70/h13-14,23-26,35-42H,9-12,15-22,27-34,43-44H2,1-8H3. The average Bonchev–Trinajstić information content (AvgIpc) is 3.52. The first-order valence-corrected chi connectivity index (χ1v) is 32.2. The molecule has 6 heteroatoms. The molecule has 6 aromatic carbocycles. The average molecular weight is 1050 g/mol. The van der Waals surface area contributed by atoms with E-state index in [1.54, 1.807) is 0 Å². The topological polar surface area (TPSA) is 36.9 Å². The molecule has 0 atom stereocenters. The van der Waals surface area contributed by atoms with Crippen molar-refractivity contribution in [3.8, 4) is 45.3 Å². The van der Waals surface area contributed by atoms with Gasteiger partial charge in [-0.2, -0.15) is 0 Å². The maximum atomic E-state index is 8.14. The molecular weight excluding hydrogens is 967 g/mol. The zero-order chi connectivity index (χ0) is 52.1. The van der Waals surface area contributed by atoms with Gasteiger partial charge in [0.2, 0.25) is 0 Å². The molecule has 0 spiro atoms. The van der Waals surface area contributed by atoms with Gasteiger partial charge in [0, 0.05) is 40.7 Å². The highest BCUT2D eigenvalue weighted by Crippen LogP contribution is 2.61. The van der Waals surface area contributed by atoms with Crippen molar-refractivity contribution >= 4 is 27.4 Å². The Bertz CT molecular complexity index is 3090. The maximum Gasteiger partial charge on any atom is 0.327 e. The van der Waals surface area contributed by atoms with Crippen LogP contribution in [0, 0.1) is 27.7 Å². The second-order valence-corrected chi connectivity index (χ2v) is 29.0. The molecule has 0 N–H and O–H groups in total. The quantitative estimate of drug-likeness (QED) is 0.156. The minimum Gasteiger partial charge on any atom is -0.435 e. The van der Waals surface area contributed by atoms with Crippen LogP contribution < -0.4 is 28.7 Å². The van der Waals surface area contributed by atoms with Gasteiger partial charge in [0.1, 0.15) is 23.0 Å². The minimum atomic E-state index is -1.84. The van der Waals surface area contributed by atoms with Gasteiger partial charge in [-0.1, -0.05) is 206 Å². The second kappa shape index (κ2) is 19.6. The molecule has 4 saturated carbocycles. The minimum absolute atomic E-state index is 0.00131. The summed E-state index contributed by atoms with van der Waals surface area (Å²) >= 11 is 0. The van der Waals surface area contributed by atoms with Crippen LogP contribution in [0.15, 0.2) is 84.9 Å². The Morgan fingerprint density at radius 1 is 0.342 bits per heavy atom. The summed E-state index contributed by atoms with van der Waals surface area (Å²) in [6.45, 7) is 19.3. The van der Waals surface area contributed by atoms with Gasteiger partial charge in [0.15, 0.2) is 0 Å². The van der Waals surface area contributed by atoms with Crippen LogP contribution in [0.3, 0.4) is 0 Å². The Balaban J connectivity index is 1.08. The molecule has 2 heterocycles. The van der Waals surface area contributed by atoms with Crippen LogP contribution in [-0.2, 0) is 34.5 Å². The number of hydrogen-bond donors (Lipinski definition) is 0. The van der Waals surface area contributed by atoms with Crippen molar-refractivity contribution in [1.29, 1.82) is 0 Å². The van der Waals surface area contributed by atoms with E-state index >= 15 is 0 Å². The van der Waals surface area contributed by atoms with Crippen molar-refractivity contribution < 1.29 is 18.1 Å². The zero-order valence-corrected chi connectivity index (χ0v) is 49.0. The first kappa shape index (κ1) is 50.9. The fraction of sp³-hybridized carbons (Fsp3) is 0.486. The van der Waals surface area contributed by atoms with E-state index in [2.05, 4.69) is 140 Å². The maximum absolute atomic E-state index is 8.14. The first-order valence-electron chi connectivity index (χ1n) is 29.8. The van der Waals surface area contributed by atoms with E-state index in [4.69, 9.17) is 18.1 Å². The van der Waals surface area contributed by atoms with E-state index in [9.17, 15) is 0 Å². The molecular formula is C70H82O4P2. The Hall–Kier alpha value is -4.62. The summed E-state index contributed by atoms with van der Waals surface area (Å²) in [6.07, 6.45) is 26.0. The van der Waals surface area contributed by atoms with Crippen LogP contribution in [0.5, 0.6) is 23.0 Å². The lowest BCUT2D eigenvalue weighted by molar-refractivity contribution is 0.308. The monoisotopic (exact) mass is 1050 g/mol. The van der Waals surface area contributed by atoms with Crippen LogP contribution in [0.1, 0.15) is 223 Å². The normalized spacial score (nSPS) is 21.3. The molecule has 6 aromatic rings. The Morgan fingerprint density at radius 3 is 1.00 bits per heavy atom. The Morgan fingerprint density at radius 2 is 0.658 bits per heavy atom. The largest absolute Gasteiger partial charge is 0.435 e. The van der Waals surface area contributed by atoms with Crippen LogP contribution in [-0.4, -0.2) is 0 Å². The van der Waals surface area contributed by atoms with E-state index in [1.165, 1.54) is 166 Å². The molecule has 0 unspecified atom stereocenters. The lowest BCUT2D eigenvalue weighted by Crippen LogP contribution is -2.35. The summed E-state index contributed by atoms with van der Waals surface area (Å²) in [4.78, 5) is 0.